The summed E-state index contributed by atoms with van der Waals surface area (Å²) in [6.45, 7) is 1.80. The highest BCUT2D eigenvalue weighted by Crippen LogP contribution is 2.20. The Morgan fingerprint density at radius 3 is 2.34 bits per heavy atom. The van der Waals surface area contributed by atoms with Crippen LogP contribution in [-0.2, 0) is 21.2 Å². The molecule has 0 aliphatic heterocycles. The van der Waals surface area contributed by atoms with Crippen LogP contribution in [0.3, 0.4) is 0 Å². The molecule has 0 aliphatic rings. The maximum atomic E-state index is 12.6. The third kappa shape index (κ3) is 5.71. The van der Waals surface area contributed by atoms with E-state index in [0.717, 1.165) is 5.56 Å². The average molecular weight is 454 g/mol. The van der Waals surface area contributed by atoms with E-state index in [1.54, 1.807) is 49.4 Å². The lowest BCUT2D eigenvalue weighted by atomic mass is 10.1. The second kappa shape index (κ2) is 9.63. The van der Waals surface area contributed by atoms with Gasteiger partial charge in [0.2, 0.25) is 0 Å². The number of carboxylic acids is 1. The number of hydrogen-bond acceptors (Lipinski definition) is 5. The SMILES string of the molecule is Cc1ccccc1NS(=O)(=O)c1ccc(C(=O)Nc2cccc(C[C@H](N)C(=O)O)c2)cc1. The Bertz CT molecular complexity index is 1240. The molecule has 0 bridgehead atoms. The number of carbonyl (C=O) groups is 2. The van der Waals surface area contributed by atoms with Crippen LogP contribution in [0.25, 0.3) is 0 Å². The van der Waals surface area contributed by atoms with E-state index in [4.69, 9.17) is 10.8 Å². The van der Waals surface area contributed by atoms with Crippen LogP contribution >= 0.6 is 0 Å². The number of anilines is 2. The van der Waals surface area contributed by atoms with E-state index in [0.29, 0.717) is 16.9 Å². The van der Waals surface area contributed by atoms with Crippen molar-refractivity contribution in [2.24, 2.45) is 5.73 Å². The van der Waals surface area contributed by atoms with Crippen LogP contribution in [0.1, 0.15) is 21.5 Å². The van der Waals surface area contributed by atoms with Gasteiger partial charge in [-0.05, 0) is 66.9 Å². The average Bonchev–Trinajstić information content (AvgIpc) is 2.75. The smallest absolute Gasteiger partial charge is 0.320 e. The molecule has 0 saturated carbocycles. The van der Waals surface area contributed by atoms with Crippen molar-refractivity contribution in [1.82, 2.24) is 0 Å². The quantitative estimate of drug-likeness (QED) is 0.414. The molecular formula is C23H23N3O5S. The van der Waals surface area contributed by atoms with Gasteiger partial charge in [0.05, 0.1) is 10.6 Å². The van der Waals surface area contributed by atoms with Gasteiger partial charge < -0.3 is 16.2 Å². The summed E-state index contributed by atoms with van der Waals surface area (Å²) >= 11 is 0. The number of benzene rings is 3. The summed E-state index contributed by atoms with van der Waals surface area (Å²) in [5.41, 5.74) is 8.24. The van der Waals surface area contributed by atoms with Crippen LogP contribution in [0, 0.1) is 6.92 Å². The largest absolute Gasteiger partial charge is 0.480 e. The lowest BCUT2D eigenvalue weighted by molar-refractivity contribution is -0.138. The van der Waals surface area contributed by atoms with Gasteiger partial charge in [0.15, 0.2) is 0 Å². The lowest BCUT2D eigenvalue weighted by Gasteiger charge is -2.11. The summed E-state index contributed by atoms with van der Waals surface area (Å²) < 4.78 is 27.8. The number of carbonyl (C=O) groups excluding carboxylic acids is 1. The molecule has 32 heavy (non-hydrogen) atoms. The number of para-hydroxylation sites is 1. The molecule has 3 rings (SSSR count). The predicted octanol–water partition coefficient (Wildman–Crippen LogP) is 3.00. The summed E-state index contributed by atoms with van der Waals surface area (Å²) in [7, 11) is -3.80. The highest BCUT2D eigenvalue weighted by molar-refractivity contribution is 7.92. The number of amides is 1. The minimum Gasteiger partial charge on any atom is -0.480 e. The van der Waals surface area contributed by atoms with Gasteiger partial charge in [-0.3, -0.25) is 14.3 Å². The Morgan fingerprint density at radius 1 is 1.00 bits per heavy atom. The van der Waals surface area contributed by atoms with E-state index in [1.807, 2.05) is 6.07 Å². The molecule has 1 atom stereocenters. The van der Waals surface area contributed by atoms with Crippen LogP contribution in [0.2, 0.25) is 0 Å². The molecule has 8 nitrogen and oxygen atoms in total. The van der Waals surface area contributed by atoms with Crippen molar-refractivity contribution in [1.29, 1.82) is 0 Å². The van der Waals surface area contributed by atoms with Crippen LogP contribution in [-0.4, -0.2) is 31.4 Å². The molecule has 0 spiro atoms. The minimum atomic E-state index is -3.80. The topological polar surface area (TPSA) is 139 Å². The van der Waals surface area contributed by atoms with Crippen LogP contribution in [0.5, 0.6) is 0 Å². The van der Waals surface area contributed by atoms with Gasteiger partial charge in [-0.15, -0.1) is 0 Å². The lowest BCUT2D eigenvalue weighted by Crippen LogP contribution is -2.32. The van der Waals surface area contributed by atoms with Crippen molar-refractivity contribution in [2.45, 2.75) is 24.3 Å². The third-order valence-corrected chi connectivity index (χ3v) is 6.16. The minimum absolute atomic E-state index is 0.0296. The summed E-state index contributed by atoms with van der Waals surface area (Å²) in [6.07, 6.45) is 0.124. The molecule has 0 saturated heterocycles. The zero-order chi connectivity index (χ0) is 23.3. The van der Waals surface area contributed by atoms with Crippen molar-refractivity contribution >= 4 is 33.3 Å². The van der Waals surface area contributed by atoms with E-state index in [2.05, 4.69) is 10.0 Å². The monoisotopic (exact) mass is 453 g/mol. The Morgan fingerprint density at radius 2 is 1.69 bits per heavy atom. The third-order valence-electron chi connectivity index (χ3n) is 4.77. The Balaban J connectivity index is 1.70. The van der Waals surface area contributed by atoms with E-state index >= 15 is 0 Å². The summed E-state index contributed by atoms with van der Waals surface area (Å²) in [4.78, 5) is 23.5. The van der Waals surface area contributed by atoms with Gasteiger partial charge in [-0.25, -0.2) is 8.42 Å². The fourth-order valence-electron chi connectivity index (χ4n) is 3.00. The number of nitrogens with one attached hydrogen (secondary N) is 2. The van der Waals surface area contributed by atoms with Crippen LogP contribution in [0.15, 0.2) is 77.7 Å². The summed E-state index contributed by atoms with van der Waals surface area (Å²) in [5.74, 6) is -1.54. The molecule has 5 N–H and O–H groups in total. The van der Waals surface area contributed by atoms with Crippen molar-refractivity contribution in [2.75, 3.05) is 10.0 Å². The highest BCUT2D eigenvalue weighted by Gasteiger charge is 2.17. The van der Waals surface area contributed by atoms with Crippen molar-refractivity contribution < 1.29 is 23.1 Å². The first-order valence-electron chi connectivity index (χ1n) is 9.73. The second-order valence-electron chi connectivity index (χ2n) is 7.25. The van der Waals surface area contributed by atoms with Crippen LogP contribution < -0.4 is 15.8 Å². The van der Waals surface area contributed by atoms with Gasteiger partial charge in [0, 0.05) is 11.3 Å². The van der Waals surface area contributed by atoms with E-state index < -0.39 is 27.9 Å². The van der Waals surface area contributed by atoms with Gasteiger partial charge in [-0.2, -0.15) is 0 Å². The van der Waals surface area contributed by atoms with E-state index in [9.17, 15) is 18.0 Å². The summed E-state index contributed by atoms with van der Waals surface area (Å²) in [6, 6.07) is 18.3. The van der Waals surface area contributed by atoms with Crippen molar-refractivity contribution in [3.8, 4) is 0 Å². The molecule has 0 unspecified atom stereocenters. The van der Waals surface area contributed by atoms with Crippen LogP contribution in [0.4, 0.5) is 11.4 Å². The molecule has 0 heterocycles. The van der Waals surface area contributed by atoms with Gasteiger partial charge in [0.25, 0.3) is 15.9 Å². The first kappa shape index (κ1) is 23.0. The molecule has 9 heteroatoms. The van der Waals surface area contributed by atoms with Gasteiger partial charge in [-0.1, -0.05) is 30.3 Å². The Kier molecular flexibility index (Phi) is 6.92. The normalized spacial score (nSPS) is 12.1. The first-order chi connectivity index (χ1) is 15.2. The molecule has 0 radical (unpaired) electrons. The number of sulfonamides is 1. The molecule has 3 aromatic carbocycles. The maximum absolute atomic E-state index is 12.6. The molecule has 0 aliphatic carbocycles. The molecule has 166 valence electrons. The first-order valence-corrected chi connectivity index (χ1v) is 11.2. The molecule has 0 aromatic heterocycles. The molecular weight excluding hydrogens is 430 g/mol. The fraction of sp³-hybridized carbons (Fsp3) is 0.130. The van der Waals surface area contributed by atoms with Gasteiger partial charge in [0.1, 0.15) is 6.04 Å². The fourth-order valence-corrected chi connectivity index (χ4v) is 4.13. The van der Waals surface area contributed by atoms with E-state index in [-0.39, 0.29) is 16.9 Å². The highest BCUT2D eigenvalue weighted by atomic mass is 32.2. The van der Waals surface area contributed by atoms with Crippen molar-refractivity contribution in [3.05, 3.63) is 89.5 Å². The standard InChI is InChI=1S/C23H23N3O5S/c1-15-5-2-3-8-21(15)26-32(30,31)19-11-9-17(10-12-19)22(27)25-18-7-4-6-16(13-18)14-20(24)23(28)29/h2-13,20,26H,14,24H2,1H3,(H,25,27)(H,28,29)/t20-/m0/s1. The number of nitrogens with two attached hydrogens (primary N) is 1. The summed E-state index contributed by atoms with van der Waals surface area (Å²) in [5, 5.41) is 11.7. The van der Waals surface area contributed by atoms with Gasteiger partial charge >= 0.3 is 5.97 Å². The second-order valence-corrected chi connectivity index (χ2v) is 8.93. The van der Waals surface area contributed by atoms with Crippen molar-refractivity contribution in [3.63, 3.8) is 0 Å². The Hall–Kier alpha value is -3.69. The maximum Gasteiger partial charge on any atom is 0.320 e. The Labute approximate surface area is 186 Å². The van der Waals surface area contributed by atoms with E-state index in [1.165, 1.54) is 24.3 Å². The number of rotatable bonds is 8. The number of aliphatic carboxylic acids is 1. The zero-order valence-corrected chi connectivity index (χ0v) is 18.1. The molecule has 1 amide bonds. The molecule has 3 aromatic rings. The number of carboxylic acid groups (broad SMARTS) is 1. The predicted molar refractivity (Wildman–Crippen MR) is 122 cm³/mol. The number of hydrogen-bond donors (Lipinski definition) is 4. The molecule has 0 fully saturated rings. The zero-order valence-electron chi connectivity index (χ0n) is 17.3. The number of aryl methyl sites for hydroxylation is 1.